The molecule has 0 spiro atoms. The largest absolute Gasteiger partial charge is 0.360 e. The summed E-state index contributed by atoms with van der Waals surface area (Å²) in [6.07, 6.45) is 3.46. The second-order valence-electron chi connectivity index (χ2n) is 5.72. The number of Topliss-reactive ketones (excluding diaryl/α,β-unsaturated/α-hetero) is 1. The number of fused-ring (bicyclic) bond motifs is 1. The second-order valence-corrected chi connectivity index (χ2v) is 5.72. The van der Waals surface area contributed by atoms with Crippen LogP contribution in [0.25, 0.3) is 10.9 Å². The molecule has 3 nitrogen and oxygen atoms in total. The minimum Gasteiger partial charge on any atom is -0.360 e. The Kier molecular flexibility index (Phi) is 4.87. The van der Waals surface area contributed by atoms with Crippen molar-refractivity contribution in [3.8, 4) is 0 Å². The number of carbonyl (C=O) groups excluding carboxylic acids is 1. The Morgan fingerprint density at radius 3 is 2.71 bits per heavy atom. The van der Waals surface area contributed by atoms with Gasteiger partial charge in [-0.1, -0.05) is 42.5 Å². The third-order valence-electron chi connectivity index (χ3n) is 4.00. The molecular weight excluding hydrogens is 303 g/mol. The second kappa shape index (κ2) is 7.23. The lowest BCUT2D eigenvalue weighted by molar-refractivity contribution is 0.0935. The van der Waals surface area contributed by atoms with E-state index in [0.717, 1.165) is 10.9 Å². The first-order valence-electron chi connectivity index (χ1n) is 7.85. The van der Waals surface area contributed by atoms with Crippen LogP contribution in [0.1, 0.15) is 15.9 Å². The lowest BCUT2D eigenvalue weighted by Crippen LogP contribution is -2.30. The maximum atomic E-state index is 13.9. The standard InChI is InChI=1S/C20H19FN2O/c1-2-11-23(13-15-7-3-5-9-18(15)21)14-20(24)17-12-22-19-10-6-4-8-16(17)19/h2-10,12,22H,1,11,13-14H2. The molecular formula is C20H19FN2O. The Hall–Kier alpha value is -2.72. The summed E-state index contributed by atoms with van der Waals surface area (Å²) in [5, 5.41) is 0.909. The lowest BCUT2D eigenvalue weighted by atomic mass is 10.1. The number of para-hydroxylation sites is 1. The first-order valence-corrected chi connectivity index (χ1v) is 7.85. The smallest absolute Gasteiger partial charge is 0.178 e. The number of aromatic nitrogens is 1. The molecule has 1 heterocycles. The quantitative estimate of drug-likeness (QED) is 0.523. The SMILES string of the molecule is C=CCN(CC(=O)c1c[nH]c2ccccc12)Cc1ccccc1F. The van der Waals surface area contributed by atoms with Gasteiger partial charge in [0.15, 0.2) is 5.78 Å². The van der Waals surface area contributed by atoms with Gasteiger partial charge >= 0.3 is 0 Å². The van der Waals surface area contributed by atoms with Gasteiger partial charge in [0.1, 0.15) is 5.82 Å². The van der Waals surface area contributed by atoms with Crippen LogP contribution in [0.2, 0.25) is 0 Å². The third-order valence-corrected chi connectivity index (χ3v) is 4.00. The van der Waals surface area contributed by atoms with Gasteiger partial charge in [0.25, 0.3) is 0 Å². The van der Waals surface area contributed by atoms with Crippen molar-refractivity contribution in [3.63, 3.8) is 0 Å². The van der Waals surface area contributed by atoms with Gasteiger partial charge in [-0.05, 0) is 12.1 Å². The molecule has 4 heteroatoms. The van der Waals surface area contributed by atoms with Crippen LogP contribution in [0.5, 0.6) is 0 Å². The lowest BCUT2D eigenvalue weighted by Gasteiger charge is -2.20. The summed E-state index contributed by atoms with van der Waals surface area (Å²) in [4.78, 5) is 17.7. The summed E-state index contributed by atoms with van der Waals surface area (Å²) in [7, 11) is 0. The van der Waals surface area contributed by atoms with Gasteiger partial charge in [0.05, 0.1) is 6.54 Å². The van der Waals surface area contributed by atoms with Gasteiger partial charge in [-0.3, -0.25) is 9.69 Å². The van der Waals surface area contributed by atoms with Crippen molar-refractivity contribution in [1.29, 1.82) is 0 Å². The van der Waals surface area contributed by atoms with Crippen molar-refractivity contribution in [2.24, 2.45) is 0 Å². The first kappa shape index (κ1) is 16.1. The van der Waals surface area contributed by atoms with Crippen LogP contribution in [0.3, 0.4) is 0 Å². The molecule has 0 aliphatic heterocycles. The minimum absolute atomic E-state index is 0.00522. The number of nitrogens with zero attached hydrogens (tertiary/aromatic N) is 1. The number of carbonyl (C=O) groups is 1. The summed E-state index contributed by atoms with van der Waals surface area (Å²) in [5.41, 5.74) is 2.17. The van der Waals surface area contributed by atoms with Crippen LogP contribution < -0.4 is 0 Å². The molecule has 24 heavy (non-hydrogen) atoms. The van der Waals surface area contributed by atoms with Crippen LogP contribution in [-0.4, -0.2) is 28.8 Å². The van der Waals surface area contributed by atoms with Crippen molar-refractivity contribution < 1.29 is 9.18 Å². The molecule has 0 fully saturated rings. The third kappa shape index (κ3) is 3.44. The number of rotatable bonds is 7. The Morgan fingerprint density at radius 2 is 1.92 bits per heavy atom. The Bertz CT molecular complexity index is 869. The van der Waals surface area contributed by atoms with Crippen molar-refractivity contribution in [3.05, 3.63) is 84.3 Å². The number of hydrogen-bond acceptors (Lipinski definition) is 2. The molecule has 0 saturated heterocycles. The van der Waals surface area contributed by atoms with Crippen molar-refractivity contribution in [1.82, 2.24) is 9.88 Å². The van der Waals surface area contributed by atoms with Crippen molar-refractivity contribution in [2.45, 2.75) is 6.54 Å². The molecule has 3 aromatic rings. The maximum absolute atomic E-state index is 13.9. The average Bonchev–Trinajstić information content (AvgIpc) is 3.01. The van der Waals surface area contributed by atoms with Gasteiger partial charge in [-0.15, -0.1) is 6.58 Å². The van der Waals surface area contributed by atoms with Crippen molar-refractivity contribution in [2.75, 3.05) is 13.1 Å². The van der Waals surface area contributed by atoms with Crippen LogP contribution in [0.15, 0.2) is 67.4 Å². The zero-order chi connectivity index (χ0) is 16.9. The van der Waals surface area contributed by atoms with Crippen LogP contribution in [-0.2, 0) is 6.54 Å². The van der Waals surface area contributed by atoms with Gasteiger partial charge in [-0.2, -0.15) is 0 Å². The number of halogens is 1. The highest BCUT2D eigenvalue weighted by Gasteiger charge is 2.16. The summed E-state index contributed by atoms with van der Waals surface area (Å²) in [6, 6.07) is 14.3. The molecule has 0 aliphatic carbocycles. The summed E-state index contributed by atoms with van der Waals surface area (Å²) in [5.74, 6) is -0.253. The number of aromatic amines is 1. The Morgan fingerprint density at radius 1 is 1.17 bits per heavy atom. The molecule has 0 atom stereocenters. The zero-order valence-corrected chi connectivity index (χ0v) is 13.3. The number of H-pyrrole nitrogens is 1. The van der Waals surface area contributed by atoms with E-state index in [1.165, 1.54) is 6.07 Å². The molecule has 0 radical (unpaired) electrons. The van der Waals surface area contributed by atoms with Crippen molar-refractivity contribution >= 4 is 16.7 Å². The fourth-order valence-electron chi connectivity index (χ4n) is 2.83. The first-order chi connectivity index (χ1) is 11.7. The summed E-state index contributed by atoms with van der Waals surface area (Å²) < 4.78 is 13.9. The predicted molar refractivity (Wildman–Crippen MR) is 94.5 cm³/mol. The Labute approximate surface area is 140 Å². The van der Waals surface area contributed by atoms with E-state index in [1.807, 2.05) is 29.2 Å². The van der Waals surface area contributed by atoms with Crippen LogP contribution in [0, 0.1) is 5.82 Å². The molecule has 0 aliphatic rings. The predicted octanol–water partition coefficient (Wildman–Crippen LogP) is 4.18. The highest BCUT2D eigenvalue weighted by Crippen LogP contribution is 2.19. The van der Waals surface area contributed by atoms with E-state index in [0.29, 0.717) is 24.2 Å². The molecule has 0 bridgehead atoms. The summed E-state index contributed by atoms with van der Waals surface area (Å²) >= 11 is 0. The van der Waals surface area contributed by atoms with Gasteiger partial charge in [0.2, 0.25) is 0 Å². The molecule has 1 N–H and O–H groups in total. The van der Waals surface area contributed by atoms with E-state index < -0.39 is 0 Å². The van der Waals surface area contributed by atoms with E-state index in [9.17, 15) is 9.18 Å². The number of nitrogens with one attached hydrogen (secondary N) is 1. The van der Waals surface area contributed by atoms with Gasteiger partial charge in [0, 0.05) is 41.3 Å². The molecule has 2 aromatic carbocycles. The van der Waals surface area contributed by atoms with E-state index in [2.05, 4.69) is 11.6 Å². The van der Waals surface area contributed by atoms with Crippen LogP contribution >= 0.6 is 0 Å². The molecule has 0 unspecified atom stereocenters. The highest BCUT2D eigenvalue weighted by atomic mass is 19.1. The van der Waals surface area contributed by atoms with Gasteiger partial charge in [-0.25, -0.2) is 4.39 Å². The van der Waals surface area contributed by atoms with E-state index in [-0.39, 0.29) is 18.1 Å². The topological polar surface area (TPSA) is 36.1 Å². The molecule has 0 saturated carbocycles. The zero-order valence-electron chi connectivity index (χ0n) is 13.3. The van der Waals surface area contributed by atoms with Gasteiger partial charge < -0.3 is 4.98 Å². The molecule has 1 aromatic heterocycles. The number of hydrogen-bond donors (Lipinski definition) is 1. The molecule has 122 valence electrons. The van der Waals surface area contributed by atoms with E-state index in [4.69, 9.17) is 0 Å². The Balaban J connectivity index is 1.79. The minimum atomic E-state index is -0.258. The fraction of sp³-hybridized carbons (Fsp3) is 0.150. The van der Waals surface area contributed by atoms with E-state index >= 15 is 0 Å². The molecule has 3 rings (SSSR count). The van der Waals surface area contributed by atoms with E-state index in [1.54, 1.807) is 30.5 Å². The summed E-state index contributed by atoms with van der Waals surface area (Å²) in [6.45, 7) is 4.83. The number of ketones is 1. The maximum Gasteiger partial charge on any atom is 0.178 e. The number of benzene rings is 2. The monoisotopic (exact) mass is 322 g/mol. The molecule has 0 amide bonds. The van der Waals surface area contributed by atoms with Crippen LogP contribution in [0.4, 0.5) is 4.39 Å². The normalized spacial score (nSPS) is 11.1. The average molecular weight is 322 g/mol. The fourth-order valence-corrected chi connectivity index (χ4v) is 2.83. The highest BCUT2D eigenvalue weighted by molar-refractivity contribution is 6.08.